The summed E-state index contributed by atoms with van der Waals surface area (Å²) in [5.74, 6) is 0. The molecule has 0 aromatic carbocycles. The topological polar surface area (TPSA) is 12.5 Å². The van der Waals surface area contributed by atoms with E-state index in [1.54, 1.807) is 0 Å². The maximum absolute atomic E-state index is 5.39. The summed E-state index contributed by atoms with van der Waals surface area (Å²) in [5, 5.41) is 0. The van der Waals surface area contributed by atoms with E-state index < -0.39 is 0 Å². The Labute approximate surface area is 55.1 Å². The molecule has 2 heteroatoms. The molecule has 0 saturated carbocycles. The fourth-order valence-corrected chi connectivity index (χ4v) is 1.65. The Bertz CT molecular complexity index is 135. The number of nitrogens with zero attached hydrogens (tertiary/aromatic N) is 1. The number of likely N-dealkylation sites (tertiary alicyclic amines) is 1. The monoisotopic (exact) mass is 125 g/mol. The number of ether oxygens (including phenoxy) is 1. The summed E-state index contributed by atoms with van der Waals surface area (Å²) < 4.78 is 5.39. The van der Waals surface area contributed by atoms with Crippen molar-refractivity contribution in [3.63, 3.8) is 0 Å². The molecule has 0 radical (unpaired) electrons. The zero-order valence-electron chi connectivity index (χ0n) is 5.42. The highest BCUT2D eigenvalue weighted by Gasteiger charge is 2.36. The molecule has 2 aliphatic rings. The van der Waals surface area contributed by atoms with Gasteiger partial charge in [0.05, 0.1) is 18.8 Å². The van der Waals surface area contributed by atoms with Gasteiger partial charge in [0.25, 0.3) is 0 Å². The highest BCUT2D eigenvalue weighted by molar-refractivity contribution is 4.95. The van der Waals surface area contributed by atoms with E-state index in [2.05, 4.69) is 11.5 Å². The van der Waals surface area contributed by atoms with Gasteiger partial charge >= 0.3 is 0 Å². The largest absolute Gasteiger partial charge is 0.374 e. The van der Waals surface area contributed by atoms with Gasteiger partial charge in [0.2, 0.25) is 0 Å². The average molecular weight is 125 g/mol. The molecule has 2 saturated heterocycles. The van der Waals surface area contributed by atoms with Crippen molar-refractivity contribution in [1.82, 2.24) is 4.90 Å². The maximum atomic E-state index is 5.39. The number of hydrogen-bond donors (Lipinski definition) is 0. The summed E-state index contributed by atoms with van der Waals surface area (Å²) in [6.45, 7) is 5.71. The third-order valence-electron chi connectivity index (χ3n) is 2.18. The van der Waals surface area contributed by atoms with Gasteiger partial charge in [-0.05, 0) is 12.6 Å². The molecule has 0 aromatic rings. The summed E-state index contributed by atoms with van der Waals surface area (Å²) in [6, 6.07) is 0.646. The molecule has 2 nitrogen and oxygen atoms in total. The molecule has 0 aromatic heterocycles. The standard InChI is InChI=1S/C7H11NO/c1-2-8-4-7-3-6(8)5-9-7/h2,6-7H,1,3-5H2/t6-,7-/m1/s1. The SMILES string of the molecule is C=CN1C[C@H]2C[C@@H]1CO2. The Hall–Kier alpha value is -0.500. The summed E-state index contributed by atoms with van der Waals surface area (Å²) >= 11 is 0. The van der Waals surface area contributed by atoms with Crippen molar-refractivity contribution in [2.75, 3.05) is 13.2 Å². The van der Waals surface area contributed by atoms with E-state index >= 15 is 0 Å². The van der Waals surface area contributed by atoms with Crippen molar-refractivity contribution >= 4 is 0 Å². The van der Waals surface area contributed by atoms with E-state index in [0.717, 1.165) is 13.2 Å². The molecule has 2 heterocycles. The molecule has 0 amide bonds. The predicted molar refractivity (Wildman–Crippen MR) is 35.0 cm³/mol. The van der Waals surface area contributed by atoms with Crippen LogP contribution in [0.25, 0.3) is 0 Å². The molecular formula is C7H11NO. The highest BCUT2D eigenvalue weighted by atomic mass is 16.5. The van der Waals surface area contributed by atoms with E-state index in [1.807, 2.05) is 6.20 Å². The van der Waals surface area contributed by atoms with Crippen LogP contribution in [0, 0.1) is 0 Å². The number of hydrogen-bond acceptors (Lipinski definition) is 2. The molecule has 2 fully saturated rings. The van der Waals surface area contributed by atoms with Crippen LogP contribution in [0.1, 0.15) is 6.42 Å². The molecule has 2 bridgehead atoms. The van der Waals surface area contributed by atoms with Crippen molar-refractivity contribution in [2.24, 2.45) is 0 Å². The molecule has 0 spiro atoms. The van der Waals surface area contributed by atoms with Crippen LogP contribution in [0.2, 0.25) is 0 Å². The van der Waals surface area contributed by atoms with Gasteiger partial charge < -0.3 is 9.64 Å². The third-order valence-corrected chi connectivity index (χ3v) is 2.18. The minimum absolute atomic E-state index is 0.507. The van der Waals surface area contributed by atoms with Gasteiger partial charge in [0.15, 0.2) is 0 Å². The Morgan fingerprint density at radius 2 is 2.56 bits per heavy atom. The van der Waals surface area contributed by atoms with Crippen molar-refractivity contribution in [1.29, 1.82) is 0 Å². The molecule has 50 valence electrons. The lowest BCUT2D eigenvalue weighted by atomic mass is 10.2. The van der Waals surface area contributed by atoms with Gasteiger partial charge in [0.1, 0.15) is 0 Å². The van der Waals surface area contributed by atoms with Crippen LogP contribution in [-0.2, 0) is 4.74 Å². The van der Waals surface area contributed by atoms with Gasteiger partial charge in [-0.15, -0.1) is 0 Å². The average Bonchev–Trinajstić information content (AvgIpc) is 2.45. The van der Waals surface area contributed by atoms with Crippen LogP contribution in [-0.4, -0.2) is 30.2 Å². The summed E-state index contributed by atoms with van der Waals surface area (Å²) in [5.41, 5.74) is 0. The summed E-state index contributed by atoms with van der Waals surface area (Å²) in [7, 11) is 0. The van der Waals surface area contributed by atoms with Crippen molar-refractivity contribution in [3.8, 4) is 0 Å². The molecule has 0 N–H and O–H groups in total. The van der Waals surface area contributed by atoms with Gasteiger partial charge in [-0.1, -0.05) is 6.58 Å². The smallest absolute Gasteiger partial charge is 0.0771 e. The van der Waals surface area contributed by atoms with Crippen molar-refractivity contribution < 1.29 is 4.74 Å². The molecule has 2 aliphatic heterocycles. The van der Waals surface area contributed by atoms with Crippen LogP contribution in [0.15, 0.2) is 12.8 Å². The Morgan fingerprint density at radius 3 is 2.89 bits per heavy atom. The first-order valence-corrected chi connectivity index (χ1v) is 3.40. The molecular weight excluding hydrogens is 114 g/mol. The fraction of sp³-hybridized carbons (Fsp3) is 0.714. The lowest BCUT2D eigenvalue weighted by molar-refractivity contribution is 0.0495. The van der Waals surface area contributed by atoms with E-state index in [0.29, 0.717) is 12.1 Å². The van der Waals surface area contributed by atoms with E-state index in [9.17, 15) is 0 Å². The molecule has 2 atom stereocenters. The van der Waals surface area contributed by atoms with Crippen molar-refractivity contribution in [2.45, 2.75) is 18.6 Å². The second-order valence-corrected chi connectivity index (χ2v) is 2.72. The Morgan fingerprint density at radius 1 is 1.67 bits per heavy atom. The summed E-state index contributed by atoms with van der Waals surface area (Å²) in [6.07, 6.45) is 3.65. The van der Waals surface area contributed by atoms with Crippen molar-refractivity contribution in [3.05, 3.63) is 12.8 Å². The number of rotatable bonds is 1. The van der Waals surface area contributed by atoms with E-state index in [4.69, 9.17) is 4.74 Å². The minimum atomic E-state index is 0.507. The molecule has 0 aliphatic carbocycles. The van der Waals surface area contributed by atoms with E-state index in [-0.39, 0.29) is 0 Å². The van der Waals surface area contributed by atoms with Gasteiger partial charge in [0, 0.05) is 6.54 Å². The Kier molecular flexibility index (Phi) is 1.02. The van der Waals surface area contributed by atoms with Crippen LogP contribution in [0.3, 0.4) is 0 Å². The first-order valence-electron chi connectivity index (χ1n) is 3.40. The lowest BCUT2D eigenvalue weighted by Crippen LogP contribution is -2.32. The summed E-state index contributed by atoms with van der Waals surface area (Å²) in [4.78, 5) is 2.27. The van der Waals surface area contributed by atoms with Gasteiger partial charge in [-0.2, -0.15) is 0 Å². The minimum Gasteiger partial charge on any atom is -0.374 e. The third kappa shape index (κ3) is 0.663. The highest BCUT2D eigenvalue weighted by Crippen LogP contribution is 2.27. The quantitative estimate of drug-likeness (QED) is 0.509. The van der Waals surface area contributed by atoms with Gasteiger partial charge in [-0.25, -0.2) is 0 Å². The zero-order chi connectivity index (χ0) is 6.27. The zero-order valence-corrected chi connectivity index (χ0v) is 5.42. The molecule has 9 heavy (non-hydrogen) atoms. The second kappa shape index (κ2) is 1.74. The number of morpholine rings is 1. The van der Waals surface area contributed by atoms with E-state index in [1.165, 1.54) is 6.42 Å². The lowest BCUT2D eigenvalue weighted by Gasteiger charge is -2.24. The van der Waals surface area contributed by atoms with Crippen LogP contribution < -0.4 is 0 Å². The number of fused-ring (bicyclic) bond motifs is 2. The second-order valence-electron chi connectivity index (χ2n) is 2.72. The fourth-order valence-electron chi connectivity index (χ4n) is 1.65. The molecule has 2 rings (SSSR count). The Balaban J connectivity index is 2.09. The van der Waals surface area contributed by atoms with Crippen LogP contribution in [0.4, 0.5) is 0 Å². The maximum Gasteiger partial charge on any atom is 0.0771 e. The predicted octanol–water partition coefficient (Wildman–Crippen LogP) is 0.603. The van der Waals surface area contributed by atoms with Crippen LogP contribution in [0.5, 0.6) is 0 Å². The molecule has 0 unspecified atom stereocenters. The first kappa shape index (κ1) is 5.30. The first-order chi connectivity index (χ1) is 4.40. The normalized spacial score (nSPS) is 39.8. The van der Waals surface area contributed by atoms with Crippen LogP contribution >= 0.6 is 0 Å². The van der Waals surface area contributed by atoms with Gasteiger partial charge in [-0.3, -0.25) is 0 Å².